The Labute approximate surface area is 183 Å². The number of fused-ring (bicyclic) bond motifs is 1. The number of nitrogens with zero attached hydrogens (tertiary/aromatic N) is 5. The smallest absolute Gasteiger partial charge is 0.292 e. The third-order valence-electron chi connectivity index (χ3n) is 5.96. The Morgan fingerprint density at radius 3 is 2.53 bits per heavy atom. The molecule has 0 aliphatic heterocycles. The largest absolute Gasteiger partial charge is 0.294 e. The minimum atomic E-state index is -0.517. The molecule has 0 N–H and O–H groups in total. The molecule has 0 unspecified atom stereocenters. The van der Waals surface area contributed by atoms with Crippen molar-refractivity contribution in [2.75, 3.05) is 0 Å². The number of carbonyl (C=O) groups is 1. The summed E-state index contributed by atoms with van der Waals surface area (Å²) in [6.07, 6.45) is 2.59. The number of para-hydroxylation sites is 2. The number of carbonyl (C=O) groups excluding carboxylic acids is 1. The molecule has 9 heteroatoms. The van der Waals surface area contributed by atoms with Crippen molar-refractivity contribution < 1.29 is 9.72 Å². The monoisotopic (exact) mass is 431 g/mol. The van der Waals surface area contributed by atoms with E-state index in [1.54, 1.807) is 12.1 Å². The number of aromatic nitrogens is 4. The first kappa shape index (κ1) is 21.1. The summed E-state index contributed by atoms with van der Waals surface area (Å²) >= 11 is 0. The summed E-state index contributed by atoms with van der Waals surface area (Å²) < 4.78 is 2.50. The van der Waals surface area contributed by atoms with E-state index in [0.29, 0.717) is 5.56 Å². The molecule has 0 saturated carbocycles. The summed E-state index contributed by atoms with van der Waals surface area (Å²) in [7, 11) is 0. The first-order valence-corrected chi connectivity index (χ1v) is 9.98. The Morgan fingerprint density at radius 1 is 1.09 bits per heavy atom. The molecule has 162 valence electrons. The highest BCUT2D eigenvalue weighted by Gasteiger charge is 2.20. The van der Waals surface area contributed by atoms with Gasteiger partial charge in [-0.15, -0.1) is 0 Å². The number of ketones is 1. The zero-order valence-electron chi connectivity index (χ0n) is 18.1. The molecule has 2 aromatic heterocycles. The molecule has 0 amide bonds. The quantitative estimate of drug-likeness (QED) is 0.271. The van der Waals surface area contributed by atoms with Crippen LogP contribution >= 0.6 is 0 Å². The van der Waals surface area contributed by atoms with Gasteiger partial charge in [0.25, 0.3) is 11.2 Å². The zero-order valence-corrected chi connectivity index (χ0v) is 18.1. The molecule has 32 heavy (non-hydrogen) atoms. The van der Waals surface area contributed by atoms with Crippen LogP contribution in [0.3, 0.4) is 0 Å². The van der Waals surface area contributed by atoms with Gasteiger partial charge in [0.15, 0.2) is 11.4 Å². The average molecular weight is 431 g/mol. The van der Waals surface area contributed by atoms with E-state index in [1.165, 1.54) is 33.9 Å². The summed E-state index contributed by atoms with van der Waals surface area (Å²) in [6, 6.07) is 7.94. The topological polar surface area (TPSA) is 113 Å². The predicted octanol–water partition coefficient (Wildman–Crippen LogP) is 3.61. The van der Waals surface area contributed by atoms with E-state index in [-0.39, 0.29) is 34.7 Å². The van der Waals surface area contributed by atoms with Crippen LogP contribution in [0.25, 0.3) is 16.7 Å². The van der Waals surface area contributed by atoms with E-state index in [2.05, 4.69) is 10.1 Å². The second-order valence-electron chi connectivity index (χ2n) is 7.76. The van der Waals surface area contributed by atoms with E-state index >= 15 is 0 Å². The van der Waals surface area contributed by atoms with Crippen LogP contribution in [0.4, 0.5) is 5.69 Å². The summed E-state index contributed by atoms with van der Waals surface area (Å²) in [5, 5.41) is 15.7. The lowest BCUT2D eigenvalue weighted by Crippen LogP contribution is -2.25. The maximum Gasteiger partial charge on any atom is 0.294 e. The summed E-state index contributed by atoms with van der Waals surface area (Å²) in [5.41, 5.74) is 4.48. The van der Waals surface area contributed by atoms with Crippen molar-refractivity contribution >= 4 is 22.5 Å². The van der Waals surface area contributed by atoms with Crippen LogP contribution in [-0.2, 0) is 6.54 Å². The van der Waals surface area contributed by atoms with Crippen molar-refractivity contribution in [1.82, 2.24) is 19.3 Å². The SMILES string of the molecule is Cc1cc(C(=O)Cn2cnc3c(cnn3-c3ccccc3[N+](=O)[O-])c2=O)c(C)c(C)c1C. The standard InChI is InChI=1S/C23H21N5O4/c1-13-9-17(16(4)15(3)14(13)2)21(29)11-26-12-24-22-18(23(26)30)10-25-27(22)19-7-5-6-8-20(19)28(31)32/h5-10,12H,11H2,1-4H3. The molecule has 0 fully saturated rings. The fourth-order valence-corrected chi connectivity index (χ4v) is 3.78. The third kappa shape index (κ3) is 3.37. The van der Waals surface area contributed by atoms with E-state index in [0.717, 1.165) is 22.3 Å². The molecule has 0 bridgehead atoms. The Kier molecular flexibility index (Phi) is 5.17. The zero-order chi connectivity index (χ0) is 23.2. The Bertz CT molecular complexity index is 1470. The van der Waals surface area contributed by atoms with Crippen LogP contribution in [0.5, 0.6) is 0 Å². The van der Waals surface area contributed by atoms with Gasteiger partial charge in [0.2, 0.25) is 0 Å². The Balaban J connectivity index is 1.75. The molecule has 0 aliphatic carbocycles. The van der Waals surface area contributed by atoms with E-state index in [1.807, 2.05) is 33.8 Å². The normalized spacial score (nSPS) is 11.1. The number of hydrogen-bond acceptors (Lipinski definition) is 6. The summed E-state index contributed by atoms with van der Waals surface area (Å²) in [4.78, 5) is 41.2. The molecule has 4 aromatic rings. The van der Waals surface area contributed by atoms with Crippen LogP contribution in [-0.4, -0.2) is 30.0 Å². The van der Waals surface area contributed by atoms with Gasteiger partial charge in [0, 0.05) is 11.6 Å². The van der Waals surface area contributed by atoms with Crippen molar-refractivity contribution in [3.8, 4) is 5.69 Å². The second kappa shape index (κ2) is 7.84. The number of aryl methyl sites for hydroxylation is 1. The van der Waals surface area contributed by atoms with E-state index in [4.69, 9.17) is 0 Å². The summed E-state index contributed by atoms with van der Waals surface area (Å²) in [6.45, 7) is 7.68. The fraction of sp³-hybridized carbons (Fsp3) is 0.217. The van der Waals surface area contributed by atoms with Crippen molar-refractivity contribution in [3.63, 3.8) is 0 Å². The van der Waals surface area contributed by atoms with Crippen molar-refractivity contribution in [3.05, 3.63) is 91.1 Å². The van der Waals surface area contributed by atoms with Gasteiger partial charge in [0.1, 0.15) is 17.4 Å². The lowest BCUT2D eigenvalue weighted by molar-refractivity contribution is -0.384. The summed E-state index contributed by atoms with van der Waals surface area (Å²) in [5.74, 6) is -0.192. The number of hydrogen-bond donors (Lipinski definition) is 0. The van der Waals surface area contributed by atoms with Crippen LogP contribution in [0.2, 0.25) is 0 Å². The van der Waals surface area contributed by atoms with Gasteiger partial charge in [-0.2, -0.15) is 5.10 Å². The van der Waals surface area contributed by atoms with Crippen molar-refractivity contribution in [1.29, 1.82) is 0 Å². The highest BCUT2D eigenvalue weighted by molar-refractivity contribution is 5.98. The van der Waals surface area contributed by atoms with Gasteiger partial charge in [-0.25, -0.2) is 9.67 Å². The van der Waals surface area contributed by atoms with Gasteiger partial charge in [0.05, 0.1) is 17.7 Å². The van der Waals surface area contributed by atoms with Crippen LogP contribution in [0, 0.1) is 37.8 Å². The molecule has 4 rings (SSSR count). The number of nitro groups is 1. The lowest BCUT2D eigenvalue weighted by atomic mass is 9.92. The van der Waals surface area contributed by atoms with E-state index < -0.39 is 10.5 Å². The lowest BCUT2D eigenvalue weighted by Gasteiger charge is -2.14. The highest BCUT2D eigenvalue weighted by Crippen LogP contribution is 2.24. The minimum absolute atomic E-state index is 0.153. The van der Waals surface area contributed by atoms with Gasteiger partial charge in [-0.3, -0.25) is 24.3 Å². The van der Waals surface area contributed by atoms with Crippen LogP contribution in [0.15, 0.2) is 47.7 Å². The maximum absolute atomic E-state index is 13.0. The van der Waals surface area contributed by atoms with Gasteiger partial charge >= 0.3 is 0 Å². The predicted molar refractivity (Wildman–Crippen MR) is 119 cm³/mol. The first-order chi connectivity index (χ1) is 15.2. The second-order valence-corrected chi connectivity index (χ2v) is 7.76. The number of Topliss-reactive ketones (excluding diaryl/α,β-unsaturated/α-hetero) is 1. The van der Waals surface area contributed by atoms with Gasteiger partial charge < -0.3 is 0 Å². The molecule has 9 nitrogen and oxygen atoms in total. The molecule has 0 radical (unpaired) electrons. The van der Waals surface area contributed by atoms with Crippen molar-refractivity contribution in [2.24, 2.45) is 0 Å². The average Bonchev–Trinajstić information content (AvgIpc) is 3.21. The van der Waals surface area contributed by atoms with Gasteiger partial charge in [-0.1, -0.05) is 12.1 Å². The molecule has 2 aromatic carbocycles. The molecular formula is C23H21N5O4. The Hall–Kier alpha value is -4.14. The van der Waals surface area contributed by atoms with Crippen molar-refractivity contribution in [2.45, 2.75) is 34.2 Å². The number of rotatable bonds is 5. The molecule has 0 saturated heterocycles. The number of nitro benzene ring substituents is 1. The van der Waals surface area contributed by atoms with Crippen LogP contribution in [0.1, 0.15) is 32.6 Å². The maximum atomic E-state index is 13.0. The molecule has 0 atom stereocenters. The Morgan fingerprint density at radius 2 is 1.81 bits per heavy atom. The van der Waals surface area contributed by atoms with E-state index in [9.17, 15) is 19.7 Å². The fourth-order valence-electron chi connectivity index (χ4n) is 3.78. The highest BCUT2D eigenvalue weighted by atomic mass is 16.6. The molecule has 0 spiro atoms. The third-order valence-corrected chi connectivity index (χ3v) is 5.96. The van der Waals surface area contributed by atoms with Crippen LogP contribution < -0.4 is 5.56 Å². The number of benzene rings is 2. The first-order valence-electron chi connectivity index (χ1n) is 9.98. The minimum Gasteiger partial charge on any atom is -0.292 e. The van der Waals surface area contributed by atoms with Gasteiger partial charge in [-0.05, 0) is 62.1 Å². The molecular weight excluding hydrogens is 410 g/mol. The molecule has 2 heterocycles. The molecule has 0 aliphatic rings.